The van der Waals surface area contributed by atoms with Gasteiger partial charge in [0.2, 0.25) is 0 Å². The van der Waals surface area contributed by atoms with Gasteiger partial charge in [-0.25, -0.2) is 0 Å². The number of amides is 2. The molecule has 0 spiro atoms. The molecule has 0 radical (unpaired) electrons. The molecule has 0 unspecified atom stereocenters. The molecule has 2 aliphatic rings. The van der Waals surface area contributed by atoms with Gasteiger partial charge in [0.15, 0.2) is 11.5 Å². The Morgan fingerprint density at radius 3 is 2.68 bits per heavy atom. The number of anilines is 2. The second kappa shape index (κ2) is 6.54. The van der Waals surface area contributed by atoms with Crippen molar-refractivity contribution in [3.63, 3.8) is 0 Å². The highest BCUT2D eigenvalue weighted by Crippen LogP contribution is 2.41. The van der Waals surface area contributed by atoms with E-state index in [-0.39, 0.29) is 22.9 Å². The van der Waals surface area contributed by atoms with Crippen LogP contribution >= 0.6 is 0 Å². The number of carbonyl (C=O) groups is 3. The average Bonchev–Trinajstić information content (AvgIpc) is 3.18. The summed E-state index contributed by atoms with van der Waals surface area (Å²) in [5, 5.41) is 4.59. The Balaban J connectivity index is 1.54. The van der Waals surface area contributed by atoms with Crippen LogP contribution in [-0.4, -0.2) is 24.1 Å². The number of carbonyl (C=O) groups excluding carboxylic acids is 3. The fourth-order valence-electron chi connectivity index (χ4n) is 4.95. The summed E-state index contributed by atoms with van der Waals surface area (Å²) in [5.74, 6) is 0.367. The van der Waals surface area contributed by atoms with Gasteiger partial charge >= 0.3 is 0 Å². The van der Waals surface area contributed by atoms with Crippen molar-refractivity contribution in [1.82, 2.24) is 0 Å². The maximum absolute atomic E-state index is 13.1. The monoisotopic (exact) mass is 416 g/mol. The molecule has 2 amide bonds. The van der Waals surface area contributed by atoms with E-state index in [4.69, 9.17) is 4.42 Å². The highest BCUT2D eigenvalue weighted by molar-refractivity contribution is 6.27. The molecule has 1 aliphatic carbocycles. The van der Waals surface area contributed by atoms with Crippen molar-refractivity contribution in [1.29, 1.82) is 0 Å². The first-order valence-electron chi connectivity index (χ1n) is 10.6. The second-order valence-corrected chi connectivity index (χ2v) is 9.16. The van der Waals surface area contributed by atoms with Crippen LogP contribution in [0.2, 0.25) is 0 Å². The van der Waals surface area contributed by atoms with Gasteiger partial charge in [-0.15, -0.1) is 0 Å². The number of nitrogens with zero attached hydrogens (tertiary/aromatic N) is 1. The molecule has 1 aromatic heterocycles. The normalized spacial score (nSPS) is 16.7. The highest BCUT2D eigenvalue weighted by atomic mass is 16.4. The number of hydrogen-bond acceptors (Lipinski definition) is 4. The molecule has 6 heteroatoms. The third-order valence-electron chi connectivity index (χ3n) is 6.33. The molecule has 1 aliphatic heterocycles. The molecule has 1 N–H and O–H groups in total. The third kappa shape index (κ3) is 2.81. The van der Waals surface area contributed by atoms with E-state index in [9.17, 15) is 14.4 Å². The number of fused-ring (bicyclic) bond motifs is 1. The molecule has 0 saturated heterocycles. The van der Waals surface area contributed by atoms with Crippen LogP contribution in [0.4, 0.5) is 11.4 Å². The van der Waals surface area contributed by atoms with Crippen LogP contribution in [0.5, 0.6) is 0 Å². The summed E-state index contributed by atoms with van der Waals surface area (Å²) in [4.78, 5) is 40.2. The van der Waals surface area contributed by atoms with Gasteiger partial charge in [-0.05, 0) is 37.5 Å². The van der Waals surface area contributed by atoms with Gasteiger partial charge in [-0.1, -0.05) is 26.0 Å². The summed E-state index contributed by atoms with van der Waals surface area (Å²) in [7, 11) is 0. The Labute approximate surface area is 180 Å². The lowest BCUT2D eigenvalue weighted by atomic mass is 9.76. The van der Waals surface area contributed by atoms with E-state index in [1.165, 1.54) is 0 Å². The van der Waals surface area contributed by atoms with Crippen molar-refractivity contribution in [3.05, 3.63) is 58.5 Å². The maximum Gasteiger partial charge on any atom is 0.291 e. The zero-order chi connectivity index (χ0) is 22.1. The topological polar surface area (TPSA) is 79.6 Å². The Morgan fingerprint density at radius 1 is 1.16 bits per heavy atom. The van der Waals surface area contributed by atoms with Gasteiger partial charge in [0.25, 0.3) is 11.8 Å². The van der Waals surface area contributed by atoms with E-state index in [0.717, 1.165) is 16.5 Å². The molecular weight excluding hydrogens is 392 g/mol. The van der Waals surface area contributed by atoms with Gasteiger partial charge in [-0.3, -0.25) is 14.4 Å². The van der Waals surface area contributed by atoms with E-state index in [2.05, 4.69) is 5.32 Å². The molecule has 0 fully saturated rings. The number of Topliss-reactive ketones (excluding diaryl/α,β-unsaturated/α-hetero) is 1. The first kappa shape index (κ1) is 19.5. The van der Waals surface area contributed by atoms with Crippen LogP contribution in [0.3, 0.4) is 0 Å². The summed E-state index contributed by atoms with van der Waals surface area (Å²) in [6, 6.07) is 9.21. The summed E-state index contributed by atoms with van der Waals surface area (Å²) < 4.78 is 5.91. The maximum atomic E-state index is 13.1. The zero-order valence-corrected chi connectivity index (χ0v) is 18.1. The van der Waals surface area contributed by atoms with Crippen molar-refractivity contribution < 1.29 is 18.8 Å². The van der Waals surface area contributed by atoms with Crippen LogP contribution in [-0.2, 0) is 6.42 Å². The highest BCUT2D eigenvalue weighted by Gasteiger charge is 2.37. The Kier molecular flexibility index (Phi) is 4.13. The SMILES string of the molecule is CCN1C(=O)c2cccc3c(NC(=O)c4oc5c(c4C)C(=O)CC(C)(C)C5)ccc1c23. The van der Waals surface area contributed by atoms with E-state index in [0.29, 0.717) is 47.5 Å². The summed E-state index contributed by atoms with van der Waals surface area (Å²) in [6.07, 6.45) is 1.07. The van der Waals surface area contributed by atoms with Crippen LogP contribution < -0.4 is 10.2 Å². The molecule has 5 rings (SSSR count). The molecule has 0 atom stereocenters. The molecule has 158 valence electrons. The van der Waals surface area contributed by atoms with E-state index in [1.807, 2.05) is 51.1 Å². The first-order valence-corrected chi connectivity index (χ1v) is 10.6. The summed E-state index contributed by atoms with van der Waals surface area (Å²) in [5.41, 5.74) is 3.06. The number of ketones is 1. The zero-order valence-electron chi connectivity index (χ0n) is 18.1. The van der Waals surface area contributed by atoms with Gasteiger partial charge < -0.3 is 14.6 Å². The lowest BCUT2D eigenvalue weighted by molar-refractivity contribution is 0.0898. The van der Waals surface area contributed by atoms with Crippen LogP contribution in [0.25, 0.3) is 10.8 Å². The van der Waals surface area contributed by atoms with E-state index >= 15 is 0 Å². The lowest BCUT2D eigenvalue weighted by Gasteiger charge is -2.27. The predicted molar refractivity (Wildman–Crippen MR) is 119 cm³/mol. The molecule has 2 aromatic carbocycles. The molecule has 2 heterocycles. The number of furan rings is 1. The third-order valence-corrected chi connectivity index (χ3v) is 6.33. The minimum atomic E-state index is -0.394. The quantitative estimate of drug-likeness (QED) is 0.642. The van der Waals surface area contributed by atoms with Gasteiger partial charge in [0.05, 0.1) is 11.3 Å². The number of benzene rings is 2. The first-order chi connectivity index (χ1) is 14.7. The van der Waals surface area contributed by atoms with Crippen molar-refractivity contribution in [3.8, 4) is 0 Å². The summed E-state index contributed by atoms with van der Waals surface area (Å²) >= 11 is 0. The largest absolute Gasteiger partial charge is 0.455 e. The van der Waals surface area contributed by atoms with Gasteiger partial charge in [-0.2, -0.15) is 0 Å². The Bertz CT molecular complexity index is 1300. The fourth-order valence-corrected chi connectivity index (χ4v) is 4.95. The predicted octanol–water partition coefficient (Wildman–Crippen LogP) is 5.13. The lowest BCUT2D eigenvalue weighted by Crippen LogP contribution is -2.26. The molecule has 6 nitrogen and oxygen atoms in total. The van der Waals surface area contributed by atoms with E-state index in [1.54, 1.807) is 11.8 Å². The minimum absolute atomic E-state index is 0.0232. The van der Waals surface area contributed by atoms with Gasteiger partial charge in [0, 0.05) is 47.0 Å². The second-order valence-electron chi connectivity index (χ2n) is 9.16. The molecule has 0 bridgehead atoms. The summed E-state index contributed by atoms with van der Waals surface area (Å²) in [6.45, 7) is 8.34. The van der Waals surface area contributed by atoms with Crippen molar-refractivity contribution in [2.45, 2.75) is 40.5 Å². The number of rotatable bonds is 3. The Morgan fingerprint density at radius 2 is 1.94 bits per heavy atom. The smallest absolute Gasteiger partial charge is 0.291 e. The van der Waals surface area contributed by atoms with Crippen molar-refractivity contribution in [2.24, 2.45) is 5.41 Å². The number of nitrogens with one attached hydrogen (secondary N) is 1. The van der Waals surface area contributed by atoms with Crippen LogP contribution in [0, 0.1) is 12.3 Å². The molecule has 3 aromatic rings. The standard InChI is InChI=1S/C25H24N2O4/c1-5-27-17-10-9-16(14-7-6-8-15(21(14)17)24(27)30)26-23(29)22-13(2)20-18(28)11-25(3,4)12-19(20)31-22/h6-10H,5,11-12H2,1-4H3,(H,26,29). The van der Waals surface area contributed by atoms with Crippen LogP contribution in [0.15, 0.2) is 34.7 Å². The molecule has 0 saturated carbocycles. The fraction of sp³-hybridized carbons (Fsp3) is 0.320. The van der Waals surface area contributed by atoms with Gasteiger partial charge in [0.1, 0.15) is 5.76 Å². The van der Waals surface area contributed by atoms with Crippen molar-refractivity contribution >= 4 is 39.7 Å². The average molecular weight is 416 g/mol. The molecule has 31 heavy (non-hydrogen) atoms. The Hall–Kier alpha value is -3.41. The van der Waals surface area contributed by atoms with Crippen LogP contribution in [0.1, 0.15) is 69.8 Å². The number of hydrogen-bond donors (Lipinski definition) is 1. The van der Waals surface area contributed by atoms with Crippen molar-refractivity contribution in [2.75, 3.05) is 16.8 Å². The molecular formula is C25H24N2O4. The van der Waals surface area contributed by atoms with E-state index < -0.39 is 5.91 Å². The minimum Gasteiger partial charge on any atom is -0.455 e.